The van der Waals surface area contributed by atoms with Crippen LogP contribution in [0.1, 0.15) is 20.8 Å². The van der Waals surface area contributed by atoms with Gasteiger partial charge in [-0.2, -0.15) is 0 Å². The van der Waals surface area contributed by atoms with Gasteiger partial charge < -0.3 is 0 Å². The summed E-state index contributed by atoms with van der Waals surface area (Å²) in [5.74, 6) is -1.02. The van der Waals surface area contributed by atoms with E-state index in [1.807, 2.05) is 0 Å². The lowest BCUT2D eigenvalue weighted by atomic mass is 10.1. The molecule has 0 spiro atoms. The minimum absolute atomic E-state index is 0.0301. The lowest BCUT2D eigenvalue weighted by Gasteiger charge is -1.94. The van der Waals surface area contributed by atoms with Gasteiger partial charge >= 0.3 is 0 Å². The molecule has 0 aliphatic carbocycles. The van der Waals surface area contributed by atoms with Gasteiger partial charge in [-0.05, 0) is 26.8 Å². The van der Waals surface area contributed by atoms with Crippen molar-refractivity contribution in [2.24, 2.45) is 0 Å². The first-order valence-electron chi connectivity index (χ1n) is 3.19. The van der Waals surface area contributed by atoms with Crippen LogP contribution >= 0.6 is 0 Å². The summed E-state index contributed by atoms with van der Waals surface area (Å²) in [6.07, 6.45) is 1.06. The first kappa shape index (κ1) is 9.75. The third kappa shape index (κ3) is 3.45. The van der Waals surface area contributed by atoms with E-state index in [9.17, 15) is 14.4 Å². The molecule has 0 N–H and O–H groups in total. The van der Waals surface area contributed by atoms with Crippen LogP contribution in [0.5, 0.6) is 0 Å². The normalized spacial score (nSPS) is 8.64. The van der Waals surface area contributed by atoms with Crippen molar-refractivity contribution >= 4 is 17.3 Å². The van der Waals surface area contributed by atoms with Crippen molar-refractivity contribution in [3.63, 3.8) is 0 Å². The lowest BCUT2D eigenvalue weighted by molar-refractivity contribution is -0.120. The average molecular weight is 154 g/mol. The second-order valence-corrected chi connectivity index (χ2v) is 2.28. The Balaban J connectivity index is 4.75. The Hall–Kier alpha value is -1.25. The molecule has 0 aromatic heterocycles. The van der Waals surface area contributed by atoms with E-state index >= 15 is 0 Å². The molecule has 0 saturated carbocycles. The molecular formula is C8H10O3. The van der Waals surface area contributed by atoms with Crippen molar-refractivity contribution in [2.75, 3.05) is 0 Å². The van der Waals surface area contributed by atoms with Crippen molar-refractivity contribution in [3.05, 3.63) is 11.6 Å². The first-order chi connectivity index (χ1) is 4.95. The molecule has 0 aliphatic heterocycles. The first-order valence-corrected chi connectivity index (χ1v) is 3.19. The highest BCUT2D eigenvalue weighted by Crippen LogP contribution is 1.97. The van der Waals surface area contributed by atoms with Gasteiger partial charge in [0, 0.05) is 0 Å². The number of carbonyl (C=O) groups excluding carboxylic acids is 3. The van der Waals surface area contributed by atoms with E-state index in [0.717, 1.165) is 6.08 Å². The van der Waals surface area contributed by atoms with Crippen molar-refractivity contribution < 1.29 is 14.4 Å². The Morgan fingerprint density at radius 2 is 1.27 bits per heavy atom. The molecule has 0 aliphatic rings. The van der Waals surface area contributed by atoms with Crippen LogP contribution in [0.3, 0.4) is 0 Å². The molecule has 0 fully saturated rings. The van der Waals surface area contributed by atoms with Gasteiger partial charge in [0.05, 0.1) is 5.57 Å². The van der Waals surface area contributed by atoms with Crippen molar-refractivity contribution in [1.82, 2.24) is 0 Å². The van der Waals surface area contributed by atoms with Crippen molar-refractivity contribution in [1.29, 1.82) is 0 Å². The van der Waals surface area contributed by atoms with Crippen LogP contribution < -0.4 is 0 Å². The zero-order valence-corrected chi connectivity index (χ0v) is 6.80. The second kappa shape index (κ2) is 3.81. The van der Waals surface area contributed by atoms with Crippen LogP contribution in [0, 0.1) is 0 Å². The molecule has 0 aromatic rings. The molecule has 0 heterocycles. The molecule has 0 unspecified atom stereocenters. The summed E-state index contributed by atoms with van der Waals surface area (Å²) in [6, 6.07) is 0. The number of allylic oxidation sites excluding steroid dienone is 2. The second-order valence-electron chi connectivity index (χ2n) is 2.28. The molecule has 0 aromatic carbocycles. The fourth-order valence-electron chi connectivity index (χ4n) is 0.654. The molecule has 3 nitrogen and oxygen atoms in total. The maximum atomic E-state index is 10.7. The summed E-state index contributed by atoms with van der Waals surface area (Å²) >= 11 is 0. The molecular weight excluding hydrogens is 144 g/mol. The number of carbonyl (C=O) groups is 3. The van der Waals surface area contributed by atoms with Crippen LogP contribution in [-0.2, 0) is 14.4 Å². The highest BCUT2D eigenvalue weighted by molar-refractivity contribution is 6.21. The molecule has 0 atom stereocenters. The summed E-state index contributed by atoms with van der Waals surface area (Å²) in [6.45, 7) is 3.82. The smallest absolute Gasteiger partial charge is 0.163 e. The molecule has 0 radical (unpaired) electrons. The highest BCUT2D eigenvalue weighted by atomic mass is 16.1. The van der Waals surface area contributed by atoms with Crippen LogP contribution in [0.25, 0.3) is 0 Å². The topological polar surface area (TPSA) is 51.2 Å². The predicted molar refractivity (Wildman–Crippen MR) is 40.1 cm³/mol. The lowest BCUT2D eigenvalue weighted by Crippen LogP contribution is -2.07. The monoisotopic (exact) mass is 154 g/mol. The number of rotatable bonds is 3. The third-order valence-corrected chi connectivity index (χ3v) is 1.11. The van der Waals surface area contributed by atoms with Gasteiger partial charge in [0.2, 0.25) is 0 Å². The van der Waals surface area contributed by atoms with E-state index in [-0.39, 0.29) is 22.9 Å². The fraction of sp³-hybridized carbons (Fsp3) is 0.375. The van der Waals surface area contributed by atoms with Crippen LogP contribution in [-0.4, -0.2) is 17.3 Å². The van der Waals surface area contributed by atoms with Gasteiger partial charge in [-0.3, -0.25) is 14.4 Å². The Morgan fingerprint density at radius 1 is 0.909 bits per heavy atom. The molecule has 0 bridgehead atoms. The zero-order valence-electron chi connectivity index (χ0n) is 6.80. The largest absolute Gasteiger partial charge is 0.295 e. The molecule has 0 amide bonds. The summed E-state index contributed by atoms with van der Waals surface area (Å²) in [5.41, 5.74) is -0.0301. The Labute approximate surface area is 65.1 Å². The van der Waals surface area contributed by atoms with Gasteiger partial charge in [-0.15, -0.1) is 0 Å². The number of hydrogen-bond acceptors (Lipinski definition) is 3. The fourth-order valence-corrected chi connectivity index (χ4v) is 0.654. The molecule has 0 saturated heterocycles. The van der Waals surface area contributed by atoms with Crippen LogP contribution in [0.2, 0.25) is 0 Å². The Kier molecular flexibility index (Phi) is 3.37. The van der Waals surface area contributed by atoms with Gasteiger partial charge in [0.25, 0.3) is 0 Å². The standard InChI is InChI=1S/C8H10O3/c1-5(9)4-8(6(2)10)7(3)11/h4H,1-3H3. The van der Waals surface area contributed by atoms with E-state index in [4.69, 9.17) is 0 Å². The maximum absolute atomic E-state index is 10.7. The number of ketones is 3. The van der Waals surface area contributed by atoms with E-state index in [2.05, 4.69) is 0 Å². The average Bonchev–Trinajstić information content (AvgIpc) is 1.81. The number of Topliss-reactive ketones (excluding diaryl/α,β-unsaturated/α-hetero) is 2. The van der Waals surface area contributed by atoms with E-state index in [1.165, 1.54) is 20.8 Å². The van der Waals surface area contributed by atoms with Crippen molar-refractivity contribution in [3.8, 4) is 0 Å². The number of hydrogen-bond donors (Lipinski definition) is 0. The molecule has 11 heavy (non-hydrogen) atoms. The summed E-state index contributed by atoms with van der Waals surface area (Å²) < 4.78 is 0. The molecule has 0 rings (SSSR count). The minimum Gasteiger partial charge on any atom is -0.295 e. The van der Waals surface area contributed by atoms with E-state index in [1.54, 1.807) is 0 Å². The van der Waals surface area contributed by atoms with Gasteiger partial charge in [-0.1, -0.05) is 0 Å². The van der Waals surface area contributed by atoms with Crippen LogP contribution in [0.4, 0.5) is 0 Å². The van der Waals surface area contributed by atoms with E-state index in [0.29, 0.717) is 0 Å². The summed E-state index contributed by atoms with van der Waals surface area (Å²) in [7, 11) is 0. The summed E-state index contributed by atoms with van der Waals surface area (Å²) in [5, 5.41) is 0. The summed E-state index contributed by atoms with van der Waals surface area (Å²) in [4.78, 5) is 31.8. The quantitative estimate of drug-likeness (QED) is 0.341. The van der Waals surface area contributed by atoms with Gasteiger partial charge in [0.1, 0.15) is 0 Å². The predicted octanol–water partition coefficient (Wildman–Crippen LogP) is 0.680. The highest BCUT2D eigenvalue weighted by Gasteiger charge is 2.09. The SMILES string of the molecule is CC(=O)C=C(C(C)=O)C(C)=O. The zero-order chi connectivity index (χ0) is 9.02. The minimum atomic E-state index is -0.368. The van der Waals surface area contributed by atoms with Crippen molar-refractivity contribution in [2.45, 2.75) is 20.8 Å². The Bertz CT molecular complexity index is 220. The molecule has 3 heteroatoms. The van der Waals surface area contributed by atoms with E-state index < -0.39 is 0 Å². The third-order valence-electron chi connectivity index (χ3n) is 1.11. The Morgan fingerprint density at radius 3 is 1.36 bits per heavy atom. The maximum Gasteiger partial charge on any atom is 0.163 e. The van der Waals surface area contributed by atoms with Gasteiger partial charge in [-0.25, -0.2) is 0 Å². The van der Waals surface area contributed by atoms with Gasteiger partial charge in [0.15, 0.2) is 17.3 Å². The van der Waals surface area contributed by atoms with Crippen LogP contribution in [0.15, 0.2) is 11.6 Å². The molecule has 60 valence electrons.